The van der Waals surface area contributed by atoms with Crippen LogP contribution in [0.1, 0.15) is 45.2 Å². The molecule has 7 nitrogen and oxygen atoms in total. The summed E-state index contributed by atoms with van der Waals surface area (Å²) in [7, 11) is 1.30. The van der Waals surface area contributed by atoms with Crippen molar-refractivity contribution in [2.75, 3.05) is 17.1 Å². The Morgan fingerprint density at radius 3 is 2.42 bits per heavy atom. The number of aryl methyl sites for hydroxylation is 1. The van der Waals surface area contributed by atoms with Gasteiger partial charge in [0, 0.05) is 19.9 Å². The molecule has 0 saturated carbocycles. The molecule has 11 heteroatoms. The third kappa shape index (κ3) is 4.01. The number of hydrogen-bond donors (Lipinski definition) is 0. The van der Waals surface area contributed by atoms with Crippen molar-refractivity contribution in [3.63, 3.8) is 0 Å². The summed E-state index contributed by atoms with van der Waals surface area (Å²) in [4.78, 5) is 49.2. The highest BCUT2D eigenvalue weighted by Crippen LogP contribution is 2.51. The van der Waals surface area contributed by atoms with E-state index in [1.807, 2.05) is 0 Å². The molecule has 1 aliphatic carbocycles. The van der Waals surface area contributed by atoms with Gasteiger partial charge in [-0.1, -0.05) is 40.9 Å². The molecule has 3 aliphatic rings. The standard InChI is InChI=1S/C27H21Cl3N2O5S/c1-36-27(35)20-17-4-2-3-5-19(17)38-26(20)31-24(33)21-22(16-11-8-14(29)12-18(16)30)32(37-23(21)25(31)34)15-9-6-13(28)7-10-15/h6-12,21-23H,2-5H2,1H3/t21-,22+,23-/m0/s1. The number of rotatable bonds is 4. The minimum absolute atomic E-state index is 0.296. The summed E-state index contributed by atoms with van der Waals surface area (Å²) in [6.07, 6.45) is 2.29. The number of carbonyl (C=O) groups is 3. The molecule has 2 aliphatic heterocycles. The molecule has 2 saturated heterocycles. The number of esters is 1. The first-order valence-corrected chi connectivity index (χ1v) is 14.0. The van der Waals surface area contributed by atoms with Gasteiger partial charge < -0.3 is 4.74 Å². The van der Waals surface area contributed by atoms with Gasteiger partial charge >= 0.3 is 5.97 Å². The summed E-state index contributed by atoms with van der Waals surface area (Å²) in [6.45, 7) is 0. The normalized spacial score (nSPS) is 22.6. The lowest BCUT2D eigenvalue weighted by molar-refractivity contribution is -0.126. The molecule has 2 fully saturated rings. The Morgan fingerprint density at radius 1 is 1.00 bits per heavy atom. The molecule has 3 aromatic rings. The van der Waals surface area contributed by atoms with Crippen LogP contribution in [-0.2, 0) is 32.0 Å². The number of hydrogen-bond acceptors (Lipinski definition) is 7. The van der Waals surface area contributed by atoms with Crippen LogP contribution in [-0.4, -0.2) is 31.0 Å². The number of methoxy groups -OCH3 is 1. The number of hydroxylamine groups is 1. The maximum atomic E-state index is 14.1. The average Bonchev–Trinajstić information content (AvgIpc) is 3.54. The van der Waals surface area contributed by atoms with Gasteiger partial charge in [0.2, 0.25) is 5.91 Å². The quantitative estimate of drug-likeness (QED) is 0.257. The Balaban J connectivity index is 1.46. The fourth-order valence-electron chi connectivity index (χ4n) is 5.51. The van der Waals surface area contributed by atoms with E-state index in [-0.39, 0.29) is 0 Å². The van der Waals surface area contributed by atoms with Crippen LogP contribution in [0.15, 0.2) is 42.5 Å². The van der Waals surface area contributed by atoms with Gasteiger partial charge in [0.05, 0.1) is 24.4 Å². The van der Waals surface area contributed by atoms with Crippen LogP contribution < -0.4 is 9.96 Å². The van der Waals surface area contributed by atoms with Crippen LogP contribution in [0.2, 0.25) is 15.1 Å². The topological polar surface area (TPSA) is 76.2 Å². The SMILES string of the molecule is COC(=O)c1c(N2C(=O)[C@@H]3[C@H](ON(c4ccc(Cl)cc4)[C@@H]3c3ccc(Cl)cc3Cl)C2=O)sc2c1CCCC2. The number of nitrogens with zero attached hydrogens (tertiary/aromatic N) is 2. The molecule has 1 aromatic heterocycles. The summed E-state index contributed by atoms with van der Waals surface area (Å²) in [5, 5.41) is 3.15. The fraction of sp³-hybridized carbons (Fsp3) is 0.296. The summed E-state index contributed by atoms with van der Waals surface area (Å²) in [6, 6.07) is 11.2. The van der Waals surface area contributed by atoms with E-state index >= 15 is 0 Å². The van der Waals surface area contributed by atoms with E-state index < -0.39 is 35.8 Å². The maximum Gasteiger partial charge on any atom is 0.341 e. The number of carbonyl (C=O) groups excluding carboxylic acids is 3. The number of halogens is 3. The zero-order chi connectivity index (χ0) is 26.7. The van der Waals surface area contributed by atoms with Crippen LogP contribution in [0.4, 0.5) is 10.7 Å². The molecule has 0 N–H and O–H groups in total. The first-order chi connectivity index (χ1) is 18.3. The fourth-order valence-corrected chi connectivity index (χ4v) is 7.54. The van der Waals surface area contributed by atoms with Crippen molar-refractivity contribution in [3.8, 4) is 0 Å². The van der Waals surface area contributed by atoms with Gasteiger partial charge in [-0.15, -0.1) is 11.3 Å². The number of fused-ring (bicyclic) bond motifs is 2. The maximum absolute atomic E-state index is 14.1. The Labute approximate surface area is 237 Å². The molecule has 2 aromatic carbocycles. The van der Waals surface area contributed by atoms with Crippen LogP contribution in [0.5, 0.6) is 0 Å². The van der Waals surface area contributed by atoms with Crippen molar-refractivity contribution >= 4 is 74.6 Å². The molecule has 0 radical (unpaired) electrons. The summed E-state index contributed by atoms with van der Waals surface area (Å²) < 4.78 is 5.07. The number of imide groups is 1. The summed E-state index contributed by atoms with van der Waals surface area (Å²) in [5.41, 5.74) is 2.35. The number of amides is 2. The third-order valence-corrected chi connectivity index (χ3v) is 9.31. The molecule has 196 valence electrons. The minimum atomic E-state index is -1.11. The molecule has 6 rings (SSSR count). The second kappa shape index (κ2) is 9.84. The van der Waals surface area contributed by atoms with Gasteiger partial charge in [0.1, 0.15) is 10.9 Å². The summed E-state index contributed by atoms with van der Waals surface area (Å²) in [5.74, 6) is -2.47. The smallest absolute Gasteiger partial charge is 0.341 e. The number of ether oxygens (including phenoxy) is 1. The number of thiophene rings is 1. The second-order valence-corrected chi connectivity index (χ2v) is 11.7. The minimum Gasteiger partial charge on any atom is -0.465 e. The predicted octanol–water partition coefficient (Wildman–Crippen LogP) is 6.42. The molecule has 0 bridgehead atoms. The van der Waals surface area contributed by atoms with E-state index in [0.717, 1.165) is 34.6 Å². The van der Waals surface area contributed by atoms with Gasteiger partial charge in [-0.3, -0.25) is 14.4 Å². The monoisotopic (exact) mass is 590 g/mol. The average molecular weight is 592 g/mol. The van der Waals surface area contributed by atoms with E-state index in [9.17, 15) is 14.4 Å². The van der Waals surface area contributed by atoms with Gasteiger partial charge in [-0.05, 0) is 73.2 Å². The Bertz CT molecular complexity index is 1470. The lowest BCUT2D eigenvalue weighted by Crippen LogP contribution is -2.37. The largest absolute Gasteiger partial charge is 0.465 e. The van der Waals surface area contributed by atoms with E-state index in [0.29, 0.717) is 43.3 Å². The highest BCUT2D eigenvalue weighted by Gasteiger charge is 2.61. The molecule has 2 amide bonds. The molecule has 3 atom stereocenters. The van der Waals surface area contributed by atoms with Gasteiger partial charge in [-0.2, -0.15) is 0 Å². The van der Waals surface area contributed by atoms with E-state index in [1.165, 1.54) is 23.5 Å². The van der Waals surface area contributed by atoms with Crippen molar-refractivity contribution in [1.82, 2.24) is 0 Å². The number of anilines is 2. The highest BCUT2D eigenvalue weighted by atomic mass is 35.5. The molecular weight excluding hydrogens is 571 g/mol. The van der Waals surface area contributed by atoms with Gasteiger partial charge in [-0.25, -0.2) is 14.8 Å². The van der Waals surface area contributed by atoms with Crippen LogP contribution >= 0.6 is 46.1 Å². The molecule has 0 spiro atoms. The second-order valence-electron chi connectivity index (χ2n) is 9.36. The van der Waals surface area contributed by atoms with Crippen molar-refractivity contribution in [3.05, 3.63) is 79.1 Å². The lowest BCUT2D eigenvalue weighted by atomic mass is 9.90. The van der Waals surface area contributed by atoms with Gasteiger partial charge in [0.25, 0.3) is 5.91 Å². The molecule has 0 unspecified atom stereocenters. The Kier molecular flexibility index (Phi) is 6.64. The lowest BCUT2D eigenvalue weighted by Gasteiger charge is -2.29. The van der Waals surface area contributed by atoms with Crippen LogP contribution in [0.25, 0.3) is 0 Å². The Morgan fingerprint density at radius 2 is 1.71 bits per heavy atom. The Hall–Kier alpha value is -2.62. The van der Waals surface area contributed by atoms with Crippen molar-refractivity contribution in [2.45, 2.75) is 37.8 Å². The van der Waals surface area contributed by atoms with E-state index in [1.54, 1.807) is 42.5 Å². The highest BCUT2D eigenvalue weighted by molar-refractivity contribution is 7.17. The zero-order valence-electron chi connectivity index (χ0n) is 20.1. The number of benzene rings is 2. The first kappa shape index (κ1) is 25.6. The first-order valence-electron chi connectivity index (χ1n) is 12.1. The summed E-state index contributed by atoms with van der Waals surface area (Å²) >= 11 is 20.2. The van der Waals surface area contributed by atoms with Crippen molar-refractivity contribution in [1.29, 1.82) is 0 Å². The van der Waals surface area contributed by atoms with E-state index in [2.05, 4.69) is 0 Å². The molecular formula is C27H21Cl3N2O5S. The molecule has 38 heavy (non-hydrogen) atoms. The van der Waals surface area contributed by atoms with Crippen molar-refractivity contribution < 1.29 is 24.0 Å². The van der Waals surface area contributed by atoms with Crippen molar-refractivity contribution in [2.24, 2.45) is 5.92 Å². The zero-order valence-corrected chi connectivity index (χ0v) is 23.2. The predicted molar refractivity (Wildman–Crippen MR) is 146 cm³/mol. The van der Waals surface area contributed by atoms with Crippen LogP contribution in [0, 0.1) is 5.92 Å². The molecule has 3 heterocycles. The van der Waals surface area contributed by atoms with Crippen LogP contribution in [0.3, 0.4) is 0 Å². The van der Waals surface area contributed by atoms with Gasteiger partial charge in [0.15, 0.2) is 6.10 Å². The van der Waals surface area contributed by atoms with E-state index in [4.69, 9.17) is 44.4 Å². The third-order valence-electron chi connectivity index (χ3n) is 7.22.